The molecule has 5 heteroatoms. The van der Waals surface area contributed by atoms with Crippen molar-refractivity contribution in [2.24, 2.45) is 0 Å². The van der Waals surface area contributed by atoms with E-state index in [1.165, 1.54) is 6.92 Å². The molecule has 0 aromatic carbocycles. The molecule has 0 radical (unpaired) electrons. The second-order valence-electron chi connectivity index (χ2n) is 3.16. The van der Waals surface area contributed by atoms with Crippen LogP contribution in [-0.2, 0) is 4.79 Å². The average Bonchev–Trinajstić information content (AvgIpc) is 2.71. The van der Waals surface area contributed by atoms with Crippen LogP contribution in [0.4, 0.5) is 0 Å². The number of amides is 1. The van der Waals surface area contributed by atoms with Gasteiger partial charge in [0.15, 0.2) is 0 Å². The van der Waals surface area contributed by atoms with Crippen molar-refractivity contribution in [2.45, 2.75) is 45.3 Å². The van der Waals surface area contributed by atoms with Gasteiger partial charge >= 0.3 is 0 Å². The molecule has 0 atom stereocenters. The third kappa shape index (κ3) is 3.17. The van der Waals surface area contributed by atoms with Crippen LogP contribution in [0.2, 0.25) is 0 Å². The zero-order chi connectivity index (χ0) is 10.7. The van der Waals surface area contributed by atoms with Crippen LogP contribution in [0, 0.1) is 0 Å². The Morgan fingerprint density at radius 3 is 2.00 bits per heavy atom. The van der Waals surface area contributed by atoms with Crippen LogP contribution < -0.4 is 4.72 Å². The van der Waals surface area contributed by atoms with E-state index in [2.05, 4.69) is 4.72 Å². The van der Waals surface area contributed by atoms with Crippen molar-refractivity contribution in [3.63, 3.8) is 0 Å². The van der Waals surface area contributed by atoms with Gasteiger partial charge in [0.25, 0.3) is 0 Å². The summed E-state index contributed by atoms with van der Waals surface area (Å²) in [6, 6.07) is 0. The van der Waals surface area contributed by atoms with E-state index in [-0.39, 0.29) is 0 Å². The summed E-state index contributed by atoms with van der Waals surface area (Å²) in [6.07, 6.45) is 1.55. The van der Waals surface area contributed by atoms with Gasteiger partial charge in [0.1, 0.15) is 0 Å². The summed E-state index contributed by atoms with van der Waals surface area (Å²) < 4.78 is 20.5. The second-order valence-corrected chi connectivity index (χ2v) is 5.44. The molecule has 13 heavy (non-hydrogen) atoms. The highest BCUT2D eigenvalue weighted by Gasteiger charge is 2.50. The molecule has 4 nitrogen and oxygen atoms in total. The Morgan fingerprint density at radius 1 is 1.38 bits per heavy atom. The fraction of sp³-hybridized carbons (Fsp3) is 0.875. The SMILES string of the molecule is CC.CC(=O)NS(O)(O)C1(C)CC1. The fourth-order valence-electron chi connectivity index (χ4n) is 0.784. The highest BCUT2D eigenvalue weighted by molar-refractivity contribution is 8.24. The molecule has 1 aliphatic carbocycles. The maximum absolute atomic E-state index is 10.5. The molecule has 0 aromatic heterocycles. The molecule has 0 aromatic rings. The quantitative estimate of drug-likeness (QED) is 0.654. The van der Waals surface area contributed by atoms with Gasteiger partial charge < -0.3 is 0 Å². The molecule has 0 heterocycles. The largest absolute Gasteiger partial charge is 0.281 e. The Hall–Kier alpha value is -0.260. The monoisotopic (exact) mass is 209 g/mol. The Labute approximate surface area is 81.2 Å². The number of nitrogens with one attached hydrogen (secondary N) is 1. The van der Waals surface area contributed by atoms with E-state index in [1.54, 1.807) is 6.92 Å². The molecule has 1 rings (SSSR count). The Kier molecular flexibility index (Phi) is 4.22. The van der Waals surface area contributed by atoms with E-state index in [1.807, 2.05) is 13.8 Å². The topological polar surface area (TPSA) is 69.6 Å². The maximum atomic E-state index is 10.5. The lowest BCUT2D eigenvalue weighted by Crippen LogP contribution is -2.32. The number of carbonyl (C=O) groups excluding carboxylic acids is 1. The third-order valence-electron chi connectivity index (χ3n) is 1.93. The van der Waals surface area contributed by atoms with E-state index in [0.717, 1.165) is 12.8 Å². The minimum Gasteiger partial charge on any atom is -0.281 e. The average molecular weight is 209 g/mol. The molecule has 1 fully saturated rings. The van der Waals surface area contributed by atoms with Gasteiger partial charge in [-0.25, -0.2) is 0 Å². The van der Waals surface area contributed by atoms with Crippen LogP contribution in [0.1, 0.15) is 40.5 Å². The molecule has 1 aliphatic rings. The Balaban J connectivity index is 0.000000671. The molecule has 3 N–H and O–H groups in total. The first-order valence-corrected chi connectivity index (χ1v) is 5.98. The summed E-state index contributed by atoms with van der Waals surface area (Å²) in [5.41, 5.74) is 0. The summed E-state index contributed by atoms with van der Waals surface area (Å²) in [6.45, 7) is 7.04. The predicted molar refractivity (Wildman–Crippen MR) is 55.7 cm³/mol. The molecule has 0 aliphatic heterocycles. The van der Waals surface area contributed by atoms with Crippen molar-refractivity contribution in [1.82, 2.24) is 4.72 Å². The highest BCUT2D eigenvalue weighted by atomic mass is 32.3. The second kappa shape index (κ2) is 4.30. The predicted octanol–water partition coefficient (Wildman–Crippen LogP) is 2.37. The normalized spacial score (nSPS) is 19.5. The third-order valence-corrected chi connectivity index (χ3v) is 4.28. The van der Waals surface area contributed by atoms with Crippen molar-refractivity contribution in [3.05, 3.63) is 0 Å². The lowest BCUT2D eigenvalue weighted by molar-refractivity contribution is -0.117. The number of hydrogen-bond donors (Lipinski definition) is 3. The van der Waals surface area contributed by atoms with Gasteiger partial charge in [-0.3, -0.25) is 18.6 Å². The lowest BCUT2D eigenvalue weighted by Gasteiger charge is -2.38. The standard InChI is InChI=1S/C6H13NO3S.C2H6/c1-5(8)7-11(9,10)6(2)3-4-6;1-2/h9-10H,3-4H2,1-2H3,(H,7,8);1-2H3. The van der Waals surface area contributed by atoms with Gasteiger partial charge in [0, 0.05) is 6.92 Å². The molecule has 0 spiro atoms. The van der Waals surface area contributed by atoms with Crippen molar-refractivity contribution < 1.29 is 13.9 Å². The van der Waals surface area contributed by atoms with Crippen molar-refractivity contribution in [3.8, 4) is 0 Å². The molecule has 1 amide bonds. The Bertz CT molecular complexity index is 190. The van der Waals surface area contributed by atoms with Crippen molar-refractivity contribution in [1.29, 1.82) is 0 Å². The van der Waals surface area contributed by atoms with Gasteiger partial charge in [-0.05, 0) is 19.8 Å². The zero-order valence-electron chi connectivity index (χ0n) is 8.63. The summed E-state index contributed by atoms with van der Waals surface area (Å²) >= 11 is 0. The van der Waals surface area contributed by atoms with E-state index in [4.69, 9.17) is 0 Å². The minimum absolute atomic E-state index is 0.391. The highest BCUT2D eigenvalue weighted by Crippen LogP contribution is 2.62. The first-order chi connectivity index (χ1) is 5.87. The smallest absolute Gasteiger partial charge is 0.234 e. The van der Waals surface area contributed by atoms with Gasteiger partial charge in [0.05, 0.1) is 4.75 Å². The molecule has 0 unspecified atom stereocenters. The number of rotatable bonds is 2. The summed E-state index contributed by atoms with van der Waals surface area (Å²) in [5.74, 6) is -0.391. The first-order valence-electron chi connectivity index (χ1n) is 4.43. The summed E-state index contributed by atoms with van der Waals surface area (Å²) in [7, 11) is -2.89. The molecule has 80 valence electrons. The van der Waals surface area contributed by atoms with Gasteiger partial charge in [-0.2, -0.15) is 0 Å². The Morgan fingerprint density at radius 2 is 1.77 bits per heavy atom. The van der Waals surface area contributed by atoms with Crippen LogP contribution in [0.3, 0.4) is 0 Å². The lowest BCUT2D eigenvalue weighted by atomic mass is 10.5. The molecular weight excluding hydrogens is 190 g/mol. The number of carbonyl (C=O) groups is 1. The van der Waals surface area contributed by atoms with Crippen molar-refractivity contribution >= 4 is 16.7 Å². The summed E-state index contributed by atoms with van der Waals surface area (Å²) in [4.78, 5) is 10.5. The first kappa shape index (κ1) is 12.7. The molecule has 1 saturated carbocycles. The van der Waals surface area contributed by atoms with Gasteiger partial charge in [-0.1, -0.05) is 13.8 Å². The minimum atomic E-state index is -2.89. The van der Waals surface area contributed by atoms with Crippen LogP contribution in [0.15, 0.2) is 0 Å². The molecular formula is C8H19NO3S. The van der Waals surface area contributed by atoms with Crippen LogP contribution in [0.5, 0.6) is 0 Å². The maximum Gasteiger partial charge on any atom is 0.234 e. The van der Waals surface area contributed by atoms with E-state index in [0.29, 0.717) is 0 Å². The zero-order valence-corrected chi connectivity index (χ0v) is 9.44. The van der Waals surface area contributed by atoms with Gasteiger partial charge in [-0.15, -0.1) is 10.8 Å². The fourth-order valence-corrected chi connectivity index (χ4v) is 2.10. The number of hydrogen-bond acceptors (Lipinski definition) is 3. The van der Waals surface area contributed by atoms with Gasteiger partial charge in [0.2, 0.25) is 5.91 Å². The van der Waals surface area contributed by atoms with Crippen molar-refractivity contribution in [2.75, 3.05) is 0 Å². The van der Waals surface area contributed by atoms with E-state index >= 15 is 0 Å². The van der Waals surface area contributed by atoms with E-state index < -0.39 is 21.4 Å². The molecule has 0 saturated heterocycles. The van der Waals surface area contributed by atoms with Crippen LogP contribution in [0.25, 0.3) is 0 Å². The van der Waals surface area contributed by atoms with Crippen LogP contribution in [-0.4, -0.2) is 19.8 Å². The van der Waals surface area contributed by atoms with Crippen LogP contribution >= 0.6 is 10.8 Å². The van der Waals surface area contributed by atoms with E-state index in [9.17, 15) is 13.9 Å². The molecule has 0 bridgehead atoms. The summed E-state index contributed by atoms with van der Waals surface area (Å²) in [5, 5.41) is 0.